The molecule has 0 amide bonds. The number of hydrogen-bond acceptors (Lipinski definition) is 7. The molecule has 1 aliphatic rings. The zero-order valence-corrected chi connectivity index (χ0v) is 14.8. The van der Waals surface area contributed by atoms with E-state index < -0.39 is 5.97 Å². The number of aromatic carboxylic acids is 1. The standard InChI is InChI=1S/C13H10FN3O3.C6H8N2/c14-9-3-1-8(2-4-9)5-17-6-10-11(15-7-17)20-12(16-10)13(18)19;7-5-6-1-3-8-4-2-6/h1-4,7H,5-6H2,(H,18,19);1-4H,5,7H2. The van der Waals surface area contributed by atoms with Gasteiger partial charge in [-0.3, -0.25) is 4.98 Å². The molecule has 0 aliphatic carbocycles. The number of nitrogens with two attached hydrogens (primary N) is 1. The van der Waals surface area contributed by atoms with Crippen LogP contribution in [0, 0.1) is 5.82 Å². The van der Waals surface area contributed by atoms with Crippen LogP contribution < -0.4 is 5.73 Å². The number of halogens is 1. The highest BCUT2D eigenvalue weighted by molar-refractivity contribution is 5.83. The van der Waals surface area contributed by atoms with Crippen LogP contribution in [0.2, 0.25) is 0 Å². The average molecular weight is 383 g/mol. The van der Waals surface area contributed by atoms with E-state index in [9.17, 15) is 9.18 Å². The first-order valence-corrected chi connectivity index (χ1v) is 8.40. The molecule has 3 N–H and O–H groups in total. The van der Waals surface area contributed by atoms with Crippen LogP contribution in [0.5, 0.6) is 0 Å². The van der Waals surface area contributed by atoms with Crippen LogP contribution in [0.1, 0.15) is 27.5 Å². The molecule has 0 saturated heterocycles. The summed E-state index contributed by atoms with van der Waals surface area (Å²) in [6.07, 6.45) is 5.03. The molecule has 28 heavy (non-hydrogen) atoms. The zero-order valence-electron chi connectivity index (χ0n) is 14.8. The molecule has 9 heteroatoms. The summed E-state index contributed by atoms with van der Waals surface area (Å²) in [5.74, 6) is -1.65. The number of benzene rings is 1. The van der Waals surface area contributed by atoms with Crippen molar-refractivity contribution in [2.24, 2.45) is 10.7 Å². The molecule has 0 unspecified atom stereocenters. The Morgan fingerprint density at radius 2 is 1.89 bits per heavy atom. The highest BCUT2D eigenvalue weighted by Crippen LogP contribution is 2.25. The maximum absolute atomic E-state index is 12.8. The molecular weight excluding hydrogens is 365 g/mol. The van der Waals surface area contributed by atoms with Crippen LogP contribution in [0.15, 0.2) is 58.2 Å². The van der Waals surface area contributed by atoms with E-state index in [4.69, 9.17) is 15.3 Å². The molecule has 0 spiro atoms. The second-order valence-corrected chi connectivity index (χ2v) is 5.91. The number of rotatable bonds is 4. The summed E-state index contributed by atoms with van der Waals surface area (Å²) in [7, 11) is 0. The maximum Gasteiger partial charge on any atom is 0.392 e. The van der Waals surface area contributed by atoms with Crippen LogP contribution in [0.4, 0.5) is 10.3 Å². The van der Waals surface area contributed by atoms with Gasteiger partial charge in [-0.2, -0.15) is 0 Å². The Kier molecular flexibility index (Phi) is 6.07. The average Bonchev–Trinajstić information content (AvgIpc) is 3.15. The van der Waals surface area contributed by atoms with E-state index >= 15 is 0 Å². The number of carboxylic acid groups (broad SMARTS) is 1. The van der Waals surface area contributed by atoms with Crippen LogP contribution in [-0.2, 0) is 19.6 Å². The van der Waals surface area contributed by atoms with Crippen molar-refractivity contribution in [3.63, 3.8) is 0 Å². The Hall–Kier alpha value is -3.59. The van der Waals surface area contributed by atoms with E-state index in [1.807, 2.05) is 17.0 Å². The lowest BCUT2D eigenvalue weighted by Gasteiger charge is -2.20. The molecule has 1 aliphatic heterocycles. The first kappa shape index (κ1) is 19.2. The number of oxazole rings is 1. The lowest BCUT2D eigenvalue weighted by molar-refractivity contribution is 0.0654. The van der Waals surface area contributed by atoms with Crippen molar-refractivity contribution in [2.75, 3.05) is 0 Å². The van der Waals surface area contributed by atoms with Crippen molar-refractivity contribution >= 4 is 18.2 Å². The van der Waals surface area contributed by atoms with Gasteiger partial charge in [-0.15, -0.1) is 0 Å². The van der Waals surface area contributed by atoms with Gasteiger partial charge in [0.15, 0.2) is 0 Å². The molecule has 4 rings (SSSR count). The van der Waals surface area contributed by atoms with Gasteiger partial charge in [0.05, 0.1) is 12.9 Å². The summed E-state index contributed by atoms with van der Waals surface area (Å²) in [4.78, 5) is 24.3. The Bertz CT molecular complexity index is 957. The minimum atomic E-state index is -1.22. The van der Waals surface area contributed by atoms with E-state index in [0.717, 1.165) is 11.1 Å². The van der Waals surface area contributed by atoms with Crippen molar-refractivity contribution in [3.05, 3.63) is 77.3 Å². The van der Waals surface area contributed by atoms with Crippen LogP contribution >= 0.6 is 0 Å². The lowest BCUT2D eigenvalue weighted by atomic mass is 10.2. The van der Waals surface area contributed by atoms with Crippen LogP contribution in [0.25, 0.3) is 0 Å². The van der Waals surface area contributed by atoms with Gasteiger partial charge in [-0.05, 0) is 35.4 Å². The quantitative estimate of drug-likeness (QED) is 0.711. The van der Waals surface area contributed by atoms with Gasteiger partial charge < -0.3 is 20.2 Å². The molecule has 144 valence electrons. The number of nitrogens with zero attached hydrogens (tertiary/aromatic N) is 4. The summed E-state index contributed by atoms with van der Waals surface area (Å²) < 4.78 is 17.8. The highest BCUT2D eigenvalue weighted by atomic mass is 19.1. The Morgan fingerprint density at radius 1 is 1.18 bits per heavy atom. The molecule has 3 heterocycles. The van der Waals surface area contributed by atoms with Gasteiger partial charge in [0.1, 0.15) is 11.5 Å². The molecule has 1 aromatic carbocycles. The minimum absolute atomic E-state index is 0.220. The number of aliphatic imine (C=N–C) groups is 1. The highest BCUT2D eigenvalue weighted by Gasteiger charge is 2.22. The maximum atomic E-state index is 12.8. The zero-order chi connectivity index (χ0) is 19.9. The van der Waals surface area contributed by atoms with Gasteiger partial charge in [0.25, 0.3) is 0 Å². The van der Waals surface area contributed by atoms with Crippen LogP contribution in [-0.4, -0.2) is 32.3 Å². The molecule has 0 fully saturated rings. The predicted octanol–water partition coefficient (Wildman–Crippen LogP) is 2.73. The molecule has 3 aromatic rings. The first-order valence-electron chi connectivity index (χ1n) is 8.40. The Morgan fingerprint density at radius 3 is 2.50 bits per heavy atom. The largest absolute Gasteiger partial charge is 0.474 e. The number of pyridine rings is 1. The topological polar surface area (TPSA) is 118 Å². The van der Waals surface area contributed by atoms with Gasteiger partial charge in [-0.1, -0.05) is 12.1 Å². The number of hydrogen-bond donors (Lipinski definition) is 2. The van der Waals surface area contributed by atoms with Crippen molar-refractivity contribution in [1.82, 2.24) is 14.9 Å². The first-order chi connectivity index (χ1) is 13.5. The molecule has 8 nitrogen and oxygen atoms in total. The van der Waals surface area contributed by atoms with Crippen molar-refractivity contribution in [3.8, 4) is 0 Å². The summed E-state index contributed by atoms with van der Waals surface area (Å²) in [6.45, 7) is 1.52. The lowest BCUT2D eigenvalue weighted by Crippen LogP contribution is -2.23. The van der Waals surface area contributed by atoms with Crippen LogP contribution in [0.3, 0.4) is 0 Å². The number of carboxylic acids is 1. The van der Waals surface area contributed by atoms with E-state index in [2.05, 4.69) is 15.0 Å². The third kappa shape index (κ3) is 4.98. The van der Waals surface area contributed by atoms with Crippen molar-refractivity contribution in [1.29, 1.82) is 0 Å². The Labute approximate surface area is 160 Å². The second-order valence-electron chi connectivity index (χ2n) is 5.91. The van der Waals surface area contributed by atoms with E-state index in [-0.39, 0.29) is 17.6 Å². The molecule has 0 bridgehead atoms. The van der Waals surface area contributed by atoms with Gasteiger partial charge in [0, 0.05) is 25.5 Å². The van der Waals surface area contributed by atoms with E-state index in [0.29, 0.717) is 25.3 Å². The predicted molar refractivity (Wildman–Crippen MR) is 99.4 cm³/mol. The van der Waals surface area contributed by atoms with Gasteiger partial charge >= 0.3 is 11.9 Å². The molecule has 0 radical (unpaired) electrons. The van der Waals surface area contributed by atoms with Gasteiger partial charge in [-0.25, -0.2) is 19.2 Å². The summed E-state index contributed by atoms with van der Waals surface area (Å²) in [5.41, 5.74) is 7.85. The fourth-order valence-corrected chi connectivity index (χ4v) is 2.45. The number of aromatic nitrogens is 2. The normalized spacial score (nSPS) is 12.1. The third-order valence-electron chi connectivity index (χ3n) is 3.83. The molecule has 0 atom stereocenters. The minimum Gasteiger partial charge on any atom is -0.474 e. The number of carbonyl (C=O) groups is 1. The summed E-state index contributed by atoms with van der Waals surface area (Å²) in [6, 6.07) is 9.95. The van der Waals surface area contributed by atoms with Crippen molar-refractivity contribution in [2.45, 2.75) is 19.6 Å². The van der Waals surface area contributed by atoms with E-state index in [1.165, 1.54) is 12.1 Å². The molecular formula is C19H18FN5O3. The monoisotopic (exact) mass is 383 g/mol. The third-order valence-corrected chi connectivity index (χ3v) is 3.83. The SMILES string of the molecule is NCc1ccncc1.O=C(O)c1nc2c(o1)N=CN(Cc1ccc(F)cc1)C2. The summed E-state index contributed by atoms with van der Waals surface area (Å²) in [5, 5.41) is 8.80. The fraction of sp³-hybridized carbons (Fsp3) is 0.158. The summed E-state index contributed by atoms with van der Waals surface area (Å²) >= 11 is 0. The van der Waals surface area contributed by atoms with E-state index in [1.54, 1.807) is 30.9 Å². The smallest absolute Gasteiger partial charge is 0.392 e. The Balaban J connectivity index is 0.000000236. The number of fused-ring (bicyclic) bond motifs is 1. The van der Waals surface area contributed by atoms with Gasteiger partial charge in [0.2, 0.25) is 5.88 Å². The fourth-order valence-electron chi connectivity index (χ4n) is 2.45. The second kappa shape index (κ2) is 8.87. The molecule has 0 saturated carbocycles. The molecule has 2 aromatic heterocycles. The van der Waals surface area contributed by atoms with Crippen molar-refractivity contribution < 1.29 is 18.7 Å².